The number of hydrogen-bond acceptors (Lipinski definition) is 2. The molecule has 2 atom stereocenters. The van der Waals surface area contributed by atoms with Crippen LogP contribution >= 0.6 is 0 Å². The highest BCUT2D eigenvalue weighted by atomic mass is 16.5. The Hall–Kier alpha value is -2.59. The molecule has 1 fully saturated rings. The minimum Gasteiger partial charge on any atom is -0.367 e. The molecule has 0 unspecified atom stereocenters. The van der Waals surface area contributed by atoms with Crippen LogP contribution in [0.2, 0.25) is 0 Å². The number of fused-ring (bicyclic) bond motifs is 1. The van der Waals surface area contributed by atoms with Gasteiger partial charge in [-0.3, -0.25) is 4.79 Å². The van der Waals surface area contributed by atoms with Crippen LogP contribution < -0.4 is 0 Å². The molecule has 1 saturated heterocycles. The van der Waals surface area contributed by atoms with Crippen LogP contribution in [0.1, 0.15) is 35.9 Å². The summed E-state index contributed by atoms with van der Waals surface area (Å²) in [6, 6.07) is 18.3. The van der Waals surface area contributed by atoms with Crippen LogP contribution in [0.5, 0.6) is 0 Å². The fourth-order valence-electron chi connectivity index (χ4n) is 3.82. The van der Waals surface area contributed by atoms with Gasteiger partial charge in [-0.05, 0) is 25.5 Å². The van der Waals surface area contributed by atoms with Gasteiger partial charge in [-0.2, -0.15) is 0 Å². The van der Waals surface area contributed by atoms with E-state index >= 15 is 0 Å². The predicted molar refractivity (Wildman–Crippen MR) is 103 cm³/mol. The van der Waals surface area contributed by atoms with Crippen LogP contribution in [-0.4, -0.2) is 34.6 Å². The number of nitrogens with zero attached hydrogens (tertiary/aromatic N) is 2. The summed E-state index contributed by atoms with van der Waals surface area (Å²) in [7, 11) is 0. The molecule has 2 aromatic carbocycles. The Morgan fingerprint density at radius 2 is 1.81 bits per heavy atom. The smallest absolute Gasteiger partial charge is 0.256 e. The highest BCUT2D eigenvalue weighted by Gasteiger charge is 2.31. The summed E-state index contributed by atoms with van der Waals surface area (Å²) in [6.45, 7) is 6.18. The van der Waals surface area contributed by atoms with Gasteiger partial charge in [0.15, 0.2) is 0 Å². The van der Waals surface area contributed by atoms with Crippen molar-refractivity contribution in [2.45, 2.75) is 32.6 Å². The number of carbonyl (C=O) groups is 1. The van der Waals surface area contributed by atoms with Crippen molar-refractivity contribution in [1.82, 2.24) is 9.47 Å². The van der Waals surface area contributed by atoms with E-state index < -0.39 is 0 Å². The molecule has 0 aliphatic carbocycles. The molecule has 1 amide bonds. The van der Waals surface area contributed by atoms with Gasteiger partial charge in [0.05, 0.1) is 18.2 Å². The SMILES string of the molecule is CCn1cc(C(=O)N2C[C@H](C)O[C@@H](c3ccccc3)C2)c2ccccc21. The molecule has 0 N–H and O–H groups in total. The first-order chi connectivity index (χ1) is 12.7. The molecular weight excluding hydrogens is 324 g/mol. The van der Waals surface area contributed by atoms with Crippen LogP contribution in [-0.2, 0) is 11.3 Å². The quantitative estimate of drug-likeness (QED) is 0.709. The number of morpholine rings is 1. The number of aryl methyl sites for hydroxylation is 1. The zero-order valence-electron chi connectivity index (χ0n) is 15.3. The fourth-order valence-corrected chi connectivity index (χ4v) is 3.82. The number of ether oxygens (including phenoxy) is 1. The number of hydrogen-bond donors (Lipinski definition) is 0. The van der Waals surface area contributed by atoms with Gasteiger partial charge in [-0.1, -0.05) is 48.5 Å². The Balaban J connectivity index is 1.66. The molecule has 0 bridgehead atoms. The number of carbonyl (C=O) groups excluding carboxylic acids is 1. The normalized spacial score (nSPS) is 20.5. The molecule has 4 heteroatoms. The van der Waals surface area contributed by atoms with Crippen molar-refractivity contribution in [2.75, 3.05) is 13.1 Å². The van der Waals surface area contributed by atoms with Crippen molar-refractivity contribution in [2.24, 2.45) is 0 Å². The Morgan fingerprint density at radius 3 is 2.58 bits per heavy atom. The Morgan fingerprint density at radius 1 is 1.08 bits per heavy atom. The number of rotatable bonds is 3. The lowest BCUT2D eigenvalue weighted by molar-refractivity contribution is -0.0691. The second-order valence-corrected chi connectivity index (χ2v) is 6.90. The molecule has 1 aliphatic rings. The average Bonchev–Trinajstić information content (AvgIpc) is 3.06. The van der Waals surface area contributed by atoms with Gasteiger partial charge in [-0.25, -0.2) is 0 Å². The maximum atomic E-state index is 13.3. The molecule has 134 valence electrons. The van der Waals surface area contributed by atoms with Crippen molar-refractivity contribution in [3.8, 4) is 0 Å². The van der Waals surface area contributed by atoms with Gasteiger partial charge in [0.2, 0.25) is 0 Å². The molecule has 4 rings (SSSR count). The first-order valence-electron chi connectivity index (χ1n) is 9.25. The van der Waals surface area contributed by atoms with Gasteiger partial charge >= 0.3 is 0 Å². The summed E-state index contributed by atoms with van der Waals surface area (Å²) in [5, 5.41) is 1.02. The van der Waals surface area contributed by atoms with E-state index in [1.165, 1.54) is 0 Å². The van der Waals surface area contributed by atoms with Crippen molar-refractivity contribution in [1.29, 1.82) is 0 Å². The van der Waals surface area contributed by atoms with E-state index in [9.17, 15) is 4.79 Å². The summed E-state index contributed by atoms with van der Waals surface area (Å²) in [5.74, 6) is 0.0875. The minimum atomic E-state index is -0.0802. The third kappa shape index (κ3) is 3.01. The Bertz CT molecular complexity index is 916. The first-order valence-corrected chi connectivity index (χ1v) is 9.25. The van der Waals surface area contributed by atoms with Gasteiger partial charge in [0.25, 0.3) is 5.91 Å². The molecule has 0 radical (unpaired) electrons. The van der Waals surface area contributed by atoms with Gasteiger partial charge in [0.1, 0.15) is 6.10 Å². The largest absolute Gasteiger partial charge is 0.367 e. The third-order valence-corrected chi connectivity index (χ3v) is 5.08. The third-order valence-electron chi connectivity index (χ3n) is 5.08. The van der Waals surface area contributed by atoms with Crippen molar-refractivity contribution >= 4 is 16.8 Å². The van der Waals surface area contributed by atoms with Crippen LogP contribution in [0.4, 0.5) is 0 Å². The van der Waals surface area contributed by atoms with Crippen LogP contribution in [0.3, 0.4) is 0 Å². The lowest BCUT2D eigenvalue weighted by Crippen LogP contribution is -2.45. The van der Waals surface area contributed by atoms with Gasteiger partial charge in [-0.15, -0.1) is 0 Å². The molecule has 0 saturated carbocycles. The molecule has 2 heterocycles. The van der Waals surface area contributed by atoms with E-state index in [0.29, 0.717) is 13.1 Å². The van der Waals surface area contributed by atoms with E-state index in [1.54, 1.807) is 0 Å². The summed E-state index contributed by atoms with van der Waals surface area (Å²) < 4.78 is 8.24. The standard InChI is InChI=1S/C22H24N2O2/c1-3-23-14-19(18-11-7-8-12-20(18)23)22(25)24-13-16(2)26-21(15-24)17-9-5-4-6-10-17/h4-12,14,16,21H,3,13,15H2,1-2H3/t16-,21+/m0/s1. The molecule has 26 heavy (non-hydrogen) atoms. The number of aromatic nitrogens is 1. The van der Waals surface area contributed by atoms with E-state index in [0.717, 1.165) is 28.6 Å². The molecule has 0 spiro atoms. The molecule has 3 aromatic rings. The number of para-hydroxylation sites is 1. The summed E-state index contributed by atoms with van der Waals surface area (Å²) in [5.41, 5.74) is 3.01. The predicted octanol–water partition coefficient (Wildman–Crippen LogP) is 4.26. The van der Waals surface area contributed by atoms with Gasteiger partial charge < -0.3 is 14.2 Å². The topological polar surface area (TPSA) is 34.5 Å². The molecular formula is C22H24N2O2. The maximum Gasteiger partial charge on any atom is 0.256 e. The fraction of sp³-hybridized carbons (Fsp3) is 0.318. The summed E-state index contributed by atoms with van der Waals surface area (Å²) >= 11 is 0. The summed E-state index contributed by atoms with van der Waals surface area (Å²) in [6.07, 6.45) is 1.92. The highest BCUT2D eigenvalue weighted by molar-refractivity contribution is 6.07. The second kappa shape index (κ2) is 6.96. The lowest BCUT2D eigenvalue weighted by atomic mass is 10.1. The minimum absolute atomic E-state index is 0.0115. The Labute approximate surface area is 154 Å². The van der Waals surface area contributed by atoms with Crippen molar-refractivity contribution in [3.63, 3.8) is 0 Å². The lowest BCUT2D eigenvalue weighted by Gasteiger charge is -2.37. The van der Waals surface area contributed by atoms with Crippen molar-refractivity contribution in [3.05, 3.63) is 71.9 Å². The van der Waals surface area contributed by atoms with E-state index in [2.05, 4.69) is 29.7 Å². The monoisotopic (exact) mass is 348 g/mol. The van der Waals surface area contributed by atoms with Crippen molar-refractivity contribution < 1.29 is 9.53 Å². The Kier molecular flexibility index (Phi) is 4.51. The number of benzene rings is 2. The average molecular weight is 348 g/mol. The van der Waals surface area contributed by atoms with E-state index in [1.807, 2.05) is 54.4 Å². The molecule has 4 nitrogen and oxygen atoms in total. The number of amides is 1. The highest BCUT2D eigenvalue weighted by Crippen LogP contribution is 2.28. The van der Waals surface area contributed by atoms with Crippen LogP contribution in [0.15, 0.2) is 60.8 Å². The molecule has 1 aliphatic heterocycles. The maximum absolute atomic E-state index is 13.3. The van der Waals surface area contributed by atoms with Crippen LogP contribution in [0, 0.1) is 0 Å². The zero-order valence-corrected chi connectivity index (χ0v) is 15.3. The summed E-state index contributed by atoms with van der Waals surface area (Å²) in [4.78, 5) is 15.3. The first kappa shape index (κ1) is 16.9. The second-order valence-electron chi connectivity index (χ2n) is 6.90. The van der Waals surface area contributed by atoms with E-state index in [-0.39, 0.29) is 18.1 Å². The zero-order chi connectivity index (χ0) is 18.1. The van der Waals surface area contributed by atoms with E-state index in [4.69, 9.17) is 4.74 Å². The van der Waals surface area contributed by atoms with Gasteiger partial charge in [0, 0.05) is 30.2 Å². The van der Waals surface area contributed by atoms with Crippen LogP contribution in [0.25, 0.3) is 10.9 Å². The molecule has 1 aromatic heterocycles.